The second-order valence-electron chi connectivity index (χ2n) is 9.06. The second kappa shape index (κ2) is 9.49. The summed E-state index contributed by atoms with van der Waals surface area (Å²) in [5.41, 5.74) is 9.71. The third-order valence-electron chi connectivity index (χ3n) is 6.73. The van der Waals surface area contributed by atoms with Crippen molar-refractivity contribution in [3.8, 4) is 11.4 Å². The van der Waals surface area contributed by atoms with Crippen molar-refractivity contribution >= 4 is 29.1 Å². The maximum atomic E-state index is 13.9. The molecule has 3 heterocycles. The number of piperidine rings is 1. The molecule has 1 fully saturated rings. The van der Waals surface area contributed by atoms with Gasteiger partial charge in [-0.15, -0.1) is 0 Å². The Kier molecular flexibility index (Phi) is 6.22. The Balaban J connectivity index is 1.53. The van der Waals surface area contributed by atoms with E-state index in [0.717, 1.165) is 29.8 Å². The van der Waals surface area contributed by atoms with Gasteiger partial charge < -0.3 is 20.3 Å². The molecule has 0 unspecified atom stereocenters. The van der Waals surface area contributed by atoms with E-state index in [2.05, 4.69) is 5.10 Å². The minimum absolute atomic E-state index is 0.107. The topological polar surface area (TPSA) is 111 Å². The van der Waals surface area contributed by atoms with Crippen molar-refractivity contribution in [3.05, 3.63) is 65.0 Å². The van der Waals surface area contributed by atoms with Gasteiger partial charge in [0.05, 0.1) is 12.3 Å². The quantitative estimate of drug-likeness (QED) is 0.573. The molecule has 0 saturated carbocycles. The number of nitrogens with two attached hydrogens (primary N) is 1. The number of carbonyl (C=O) groups is 3. The highest BCUT2D eigenvalue weighted by molar-refractivity contribution is 6.10. The van der Waals surface area contributed by atoms with Crippen LogP contribution in [0.5, 0.6) is 5.75 Å². The lowest BCUT2D eigenvalue weighted by Gasteiger charge is -2.31. The van der Waals surface area contributed by atoms with E-state index in [9.17, 15) is 14.4 Å². The number of fused-ring (bicyclic) bond motifs is 1. The normalized spacial score (nSPS) is 15.7. The number of rotatable bonds is 6. The Morgan fingerprint density at radius 3 is 2.58 bits per heavy atom. The van der Waals surface area contributed by atoms with Gasteiger partial charge in [0.2, 0.25) is 5.91 Å². The minimum Gasteiger partial charge on any atom is -0.494 e. The van der Waals surface area contributed by atoms with Crippen LogP contribution >= 0.6 is 0 Å². The van der Waals surface area contributed by atoms with Crippen LogP contribution in [0.3, 0.4) is 0 Å². The van der Waals surface area contributed by atoms with E-state index >= 15 is 0 Å². The molecule has 2 aliphatic heterocycles. The average Bonchev–Trinajstić information content (AvgIpc) is 3.26. The van der Waals surface area contributed by atoms with Crippen LogP contribution in [-0.4, -0.2) is 47.2 Å². The highest BCUT2D eigenvalue weighted by atomic mass is 16.5. The first-order valence-electron chi connectivity index (χ1n) is 12.3. The first-order valence-corrected chi connectivity index (χ1v) is 12.3. The lowest BCUT2D eigenvalue weighted by atomic mass is 10.0. The zero-order valence-electron chi connectivity index (χ0n) is 20.5. The number of amides is 3. The summed E-state index contributed by atoms with van der Waals surface area (Å²) in [4.78, 5) is 41.9. The van der Waals surface area contributed by atoms with Gasteiger partial charge in [0.25, 0.3) is 11.8 Å². The molecule has 2 aromatic carbocycles. The summed E-state index contributed by atoms with van der Waals surface area (Å²) in [6, 6.07) is 13.0. The number of primary amides is 1. The van der Waals surface area contributed by atoms with Gasteiger partial charge in [0, 0.05) is 42.5 Å². The van der Waals surface area contributed by atoms with Crippen molar-refractivity contribution in [1.29, 1.82) is 0 Å². The Hall–Kier alpha value is -4.14. The number of hydrogen-bond donors (Lipinski definition) is 1. The first-order chi connectivity index (χ1) is 17.4. The van der Waals surface area contributed by atoms with Crippen LogP contribution in [0, 0.1) is 6.92 Å². The van der Waals surface area contributed by atoms with Crippen LogP contribution in [0.15, 0.2) is 42.5 Å². The first kappa shape index (κ1) is 23.6. The molecular formula is C27H29N5O4. The van der Waals surface area contributed by atoms with Crippen LogP contribution in [0.4, 0.5) is 11.4 Å². The molecule has 186 valence electrons. The number of aromatic nitrogens is 2. The molecule has 0 atom stereocenters. The van der Waals surface area contributed by atoms with E-state index in [4.69, 9.17) is 10.5 Å². The van der Waals surface area contributed by atoms with E-state index in [1.54, 1.807) is 11.0 Å². The van der Waals surface area contributed by atoms with E-state index in [1.165, 1.54) is 4.68 Å². The Morgan fingerprint density at radius 2 is 1.86 bits per heavy atom. The number of nitrogens with zero attached hydrogens (tertiary/aromatic N) is 4. The molecule has 0 bridgehead atoms. The zero-order chi connectivity index (χ0) is 25.4. The molecule has 0 radical (unpaired) electrons. The number of hydrogen-bond acceptors (Lipinski definition) is 5. The number of benzene rings is 2. The molecule has 5 rings (SSSR count). The van der Waals surface area contributed by atoms with Crippen molar-refractivity contribution < 1.29 is 19.1 Å². The molecule has 3 aromatic rings. The standard InChI is InChI=1S/C27H29N5O4/c1-3-36-20-8-6-7-19(16-20)32-25-21(24(29-32)26(28)34)12-14-31(27(25)35)22-11-10-18(15-17(22)2)30-13-5-4-9-23(30)33/h6-8,10-11,15-16H,3-5,9,12-14H2,1-2H3,(H2,28,34). The van der Waals surface area contributed by atoms with Crippen LogP contribution in [-0.2, 0) is 11.2 Å². The smallest absolute Gasteiger partial charge is 0.277 e. The van der Waals surface area contributed by atoms with Crippen molar-refractivity contribution in [2.24, 2.45) is 5.73 Å². The Bertz CT molecular complexity index is 1360. The summed E-state index contributed by atoms with van der Waals surface area (Å²) >= 11 is 0. The zero-order valence-corrected chi connectivity index (χ0v) is 20.5. The SMILES string of the molecule is CCOc1cccc(-n2nc(C(N)=O)c3c2C(=O)N(c2ccc(N4CCCCC4=O)cc2C)CC3)c1. The van der Waals surface area contributed by atoms with Crippen LogP contribution in [0.1, 0.15) is 58.3 Å². The summed E-state index contributed by atoms with van der Waals surface area (Å²) in [5.74, 6) is -0.162. The number of anilines is 2. The third kappa shape index (κ3) is 4.10. The largest absolute Gasteiger partial charge is 0.494 e. The van der Waals surface area contributed by atoms with Crippen LogP contribution < -0.4 is 20.3 Å². The molecule has 0 spiro atoms. The van der Waals surface area contributed by atoms with E-state index in [-0.39, 0.29) is 17.5 Å². The summed E-state index contributed by atoms with van der Waals surface area (Å²) in [6.45, 7) is 5.43. The van der Waals surface area contributed by atoms with Crippen molar-refractivity contribution in [2.75, 3.05) is 29.5 Å². The Morgan fingerprint density at radius 1 is 1.03 bits per heavy atom. The monoisotopic (exact) mass is 487 g/mol. The molecule has 0 aliphatic carbocycles. The average molecular weight is 488 g/mol. The number of carbonyl (C=O) groups excluding carboxylic acids is 3. The minimum atomic E-state index is -0.668. The molecule has 3 amide bonds. The second-order valence-corrected chi connectivity index (χ2v) is 9.06. The van der Waals surface area contributed by atoms with Gasteiger partial charge in [-0.25, -0.2) is 4.68 Å². The summed E-state index contributed by atoms with van der Waals surface area (Å²) in [6.07, 6.45) is 2.91. The molecule has 1 saturated heterocycles. The van der Waals surface area contributed by atoms with Gasteiger partial charge in [-0.1, -0.05) is 6.07 Å². The molecule has 1 aromatic heterocycles. The lowest BCUT2D eigenvalue weighted by molar-refractivity contribution is -0.119. The van der Waals surface area contributed by atoms with Gasteiger partial charge >= 0.3 is 0 Å². The van der Waals surface area contributed by atoms with Crippen molar-refractivity contribution in [1.82, 2.24) is 9.78 Å². The molecule has 2 N–H and O–H groups in total. The molecule has 9 heteroatoms. The van der Waals surface area contributed by atoms with Crippen molar-refractivity contribution in [3.63, 3.8) is 0 Å². The molecule has 36 heavy (non-hydrogen) atoms. The highest BCUT2D eigenvalue weighted by Gasteiger charge is 2.35. The fourth-order valence-electron chi connectivity index (χ4n) is 5.04. The molecule has 9 nitrogen and oxygen atoms in total. The number of aryl methyl sites for hydroxylation is 1. The van der Waals surface area contributed by atoms with Gasteiger partial charge in [-0.2, -0.15) is 5.10 Å². The number of ether oxygens (including phenoxy) is 1. The predicted octanol–water partition coefficient (Wildman–Crippen LogP) is 3.40. The van der Waals surface area contributed by atoms with Gasteiger partial charge in [-0.05, 0) is 69.0 Å². The summed E-state index contributed by atoms with van der Waals surface area (Å²) in [5, 5.41) is 4.44. The van der Waals surface area contributed by atoms with Crippen LogP contribution in [0.2, 0.25) is 0 Å². The summed E-state index contributed by atoms with van der Waals surface area (Å²) < 4.78 is 7.10. The third-order valence-corrected chi connectivity index (χ3v) is 6.73. The fourth-order valence-corrected chi connectivity index (χ4v) is 5.04. The maximum Gasteiger partial charge on any atom is 0.277 e. The van der Waals surface area contributed by atoms with E-state index in [0.29, 0.717) is 55.2 Å². The van der Waals surface area contributed by atoms with Gasteiger partial charge in [-0.3, -0.25) is 14.4 Å². The van der Waals surface area contributed by atoms with Gasteiger partial charge in [0.15, 0.2) is 5.69 Å². The molecular weight excluding hydrogens is 458 g/mol. The van der Waals surface area contributed by atoms with Crippen molar-refractivity contribution in [2.45, 2.75) is 39.5 Å². The summed E-state index contributed by atoms with van der Waals surface area (Å²) in [7, 11) is 0. The molecule has 2 aliphatic rings. The fraction of sp³-hybridized carbons (Fsp3) is 0.333. The Labute approximate surface area is 209 Å². The predicted molar refractivity (Wildman–Crippen MR) is 136 cm³/mol. The van der Waals surface area contributed by atoms with Crippen LogP contribution in [0.25, 0.3) is 5.69 Å². The van der Waals surface area contributed by atoms with Gasteiger partial charge in [0.1, 0.15) is 11.4 Å². The highest BCUT2D eigenvalue weighted by Crippen LogP contribution is 2.33. The van der Waals surface area contributed by atoms with E-state index in [1.807, 2.05) is 55.1 Å². The van der Waals surface area contributed by atoms with E-state index < -0.39 is 5.91 Å². The lowest BCUT2D eigenvalue weighted by Crippen LogP contribution is -2.39. The maximum absolute atomic E-state index is 13.9.